The minimum atomic E-state index is 0.405. The van der Waals surface area contributed by atoms with E-state index in [0.29, 0.717) is 17.2 Å². The lowest BCUT2D eigenvalue weighted by atomic mass is 9.78. The van der Waals surface area contributed by atoms with Crippen LogP contribution in [0.1, 0.15) is 32.1 Å². The van der Waals surface area contributed by atoms with E-state index >= 15 is 0 Å². The van der Waals surface area contributed by atoms with E-state index in [1.807, 2.05) is 0 Å². The molecule has 0 bridgehead atoms. The number of rotatable bonds is 1. The Morgan fingerprint density at radius 1 is 1.20 bits per heavy atom. The Balaban J connectivity index is 1.63. The van der Waals surface area contributed by atoms with Gasteiger partial charge in [0.25, 0.3) is 0 Å². The van der Waals surface area contributed by atoms with E-state index in [1.54, 1.807) is 0 Å². The summed E-state index contributed by atoms with van der Waals surface area (Å²) in [6.45, 7) is 4.36. The van der Waals surface area contributed by atoms with Crippen molar-refractivity contribution >= 4 is 5.91 Å². The zero-order chi connectivity index (χ0) is 10.3. The average Bonchev–Trinajstić information content (AvgIpc) is 3.03. The van der Waals surface area contributed by atoms with Gasteiger partial charge < -0.3 is 10.2 Å². The summed E-state index contributed by atoms with van der Waals surface area (Å²) < 4.78 is 0. The lowest BCUT2D eigenvalue weighted by Gasteiger charge is -2.33. The maximum Gasteiger partial charge on any atom is 0.225 e. The van der Waals surface area contributed by atoms with Crippen LogP contribution < -0.4 is 5.32 Å². The Bertz CT molecular complexity index is 267. The first-order valence-corrected chi connectivity index (χ1v) is 6.29. The van der Waals surface area contributed by atoms with Gasteiger partial charge >= 0.3 is 0 Å². The zero-order valence-corrected chi connectivity index (χ0v) is 9.30. The first-order valence-electron chi connectivity index (χ1n) is 6.29. The van der Waals surface area contributed by atoms with Gasteiger partial charge in [-0.1, -0.05) is 0 Å². The van der Waals surface area contributed by atoms with Crippen molar-refractivity contribution in [1.29, 1.82) is 0 Å². The third kappa shape index (κ3) is 1.78. The van der Waals surface area contributed by atoms with Crippen LogP contribution in [-0.2, 0) is 4.79 Å². The molecule has 1 saturated carbocycles. The summed E-state index contributed by atoms with van der Waals surface area (Å²) in [5.74, 6) is 0.854. The highest BCUT2D eigenvalue weighted by atomic mass is 16.2. The molecule has 3 fully saturated rings. The molecule has 1 spiro atoms. The molecule has 2 aliphatic heterocycles. The molecule has 1 N–H and O–H groups in total. The smallest absolute Gasteiger partial charge is 0.225 e. The quantitative estimate of drug-likeness (QED) is 0.697. The molecule has 1 aliphatic carbocycles. The maximum absolute atomic E-state index is 11.9. The first kappa shape index (κ1) is 9.64. The highest BCUT2D eigenvalue weighted by molar-refractivity contribution is 5.81. The highest BCUT2D eigenvalue weighted by Gasteiger charge is 2.43. The van der Waals surface area contributed by atoms with E-state index in [2.05, 4.69) is 10.2 Å². The summed E-state index contributed by atoms with van der Waals surface area (Å²) in [6, 6.07) is 0. The summed E-state index contributed by atoms with van der Waals surface area (Å²) in [7, 11) is 0. The summed E-state index contributed by atoms with van der Waals surface area (Å²) in [4.78, 5) is 14.1. The lowest BCUT2D eigenvalue weighted by molar-refractivity contribution is -0.132. The minimum absolute atomic E-state index is 0.405. The van der Waals surface area contributed by atoms with Crippen molar-refractivity contribution in [3.63, 3.8) is 0 Å². The minimum Gasteiger partial charge on any atom is -0.342 e. The van der Waals surface area contributed by atoms with Crippen LogP contribution in [0.2, 0.25) is 0 Å². The standard InChI is InChI=1S/C12H20N2O/c15-11(10-1-2-10)14-8-5-12(9-14)3-6-13-7-4-12/h10,13H,1-9H2. The number of nitrogens with one attached hydrogen (secondary N) is 1. The molecule has 0 atom stereocenters. The molecule has 3 rings (SSSR count). The molecule has 1 amide bonds. The molecule has 15 heavy (non-hydrogen) atoms. The summed E-state index contributed by atoms with van der Waals surface area (Å²) in [5, 5.41) is 3.41. The van der Waals surface area contributed by atoms with Crippen LogP contribution in [0.25, 0.3) is 0 Å². The third-order valence-electron chi connectivity index (χ3n) is 4.34. The highest BCUT2D eigenvalue weighted by Crippen LogP contribution is 2.41. The van der Waals surface area contributed by atoms with Crippen LogP contribution in [0, 0.1) is 11.3 Å². The van der Waals surface area contributed by atoms with Crippen molar-refractivity contribution in [2.45, 2.75) is 32.1 Å². The second-order valence-corrected chi connectivity index (χ2v) is 5.53. The fourth-order valence-electron chi connectivity index (χ4n) is 3.08. The van der Waals surface area contributed by atoms with Crippen LogP contribution in [0.5, 0.6) is 0 Å². The third-order valence-corrected chi connectivity index (χ3v) is 4.34. The van der Waals surface area contributed by atoms with Gasteiger partial charge in [0, 0.05) is 19.0 Å². The lowest BCUT2D eigenvalue weighted by Crippen LogP contribution is -2.40. The number of likely N-dealkylation sites (tertiary alicyclic amines) is 1. The largest absolute Gasteiger partial charge is 0.342 e. The molecule has 0 radical (unpaired) electrons. The number of hydrogen-bond donors (Lipinski definition) is 1. The Morgan fingerprint density at radius 3 is 2.60 bits per heavy atom. The topological polar surface area (TPSA) is 32.3 Å². The van der Waals surface area contributed by atoms with E-state index in [1.165, 1.54) is 19.3 Å². The fourth-order valence-corrected chi connectivity index (χ4v) is 3.08. The van der Waals surface area contributed by atoms with Gasteiger partial charge in [0.2, 0.25) is 5.91 Å². The van der Waals surface area contributed by atoms with Gasteiger partial charge in [0.15, 0.2) is 0 Å². The molecule has 2 heterocycles. The van der Waals surface area contributed by atoms with E-state index < -0.39 is 0 Å². The monoisotopic (exact) mass is 208 g/mol. The van der Waals surface area contributed by atoms with Gasteiger partial charge in [-0.05, 0) is 50.6 Å². The van der Waals surface area contributed by atoms with E-state index in [9.17, 15) is 4.79 Å². The second kappa shape index (κ2) is 3.48. The van der Waals surface area contributed by atoms with Crippen LogP contribution in [0.15, 0.2) is 0 Å². The molecule has 0 aromatic rings. The molecule has 0 aromatic heterocycles. The van der Waals surface area contributed by atoms with Gasteiger partial charge in [-0.15, -0.1) is 0 Å². The fraction of sp³-hybridized carbons (Fsp3) is 0.917. The van der Waals surface area contributed by atoms with Crippen molar-refractivity contribution < 1.29 is 4.79 Å². The molecule has 0 unspecified atom stereocenters. The Labute approximate surface area is 91.2 Å². The molecule has 3 heteroatoms. The SMILES string of the molecule is O=C(C1CC1)N1CCC2(CCNCC2)C1. The predicted octanol–water partition coefficient (Wildman–Crippen LogP) is 0.998. The summed E-state index contributed by atoms with van der Waals surface area (Å²) in [6.07, 6.45) is 6.06. The molecule has 0 aromatic carbocycles. The normalized spacial score (nSPS) is 29.7. The first-order chi connectivity index (χ1) is 7.29. The average molecular weight is 208 g/mol. The van der Waals surface area contributed by atoms with Crippen LogP contribution in [0.4, 0.5) is 0 Å². The van der Waals surface area contributed by atoms with Crippen molar-refractivity contribution in [1.82, 2.24) is 10.2 Å². The molecular weight excluding hydrogens is 188 g/mol. The van der Waals surface area contributed by atoms with Crippen LogP contribution >= 0.6 is 0 Å². The van der Waals surface area contributed by atoms with E-state index in [-0.39, 0.29) is 0 Å². The molecule has 3 aliphatic rings. The molecule has 2 saturated heterocycles. The summed E-state index contributed by atoms with van der Waals surface area (Å²) in [5.41, 5.74) is 0.482. The van der Waals surface area contributed by atoms with Gasteiger partial charge in [0.05, 0.1) is 0 Å². The second-order valence-electron chi connectivity index (χ2n) is 5.53. The number of hydrogen-bond acceptors (Lipinski definition) is 2. The number of piperidine rings is 1. The maximum atomic E-state index is 11.9. The molecule has 84 valence electrons. The number of carbonyl (C=O) groups is 1. The van der Waals surface area contributed by atoms with E-state index in [4.69, 9.17) is 0 Å². The van der Waals surface area contributed by atoms with Gasteiger partial charge in [-0.3, -0.25) is 4.79 Å². The molecular formula is C12H20N2O. The number of amides is 1. The van der Waals surface area contributed by atoms with Gasteiger partial charge in [-0.2, -0.15) is 0 Å². The molecule has 3 nitrogen and oxygen atoms in total. The van der Waals surface area contributed by atoms with Crippen molar-refractivity contribution in [3.8, 4) is 0 Å². The predicted molar refractivity (Wildman–Crippen MR) is 58.5 cm³/mol. The Hall–Kier alpha value is -0.570. The van der Waals surface area contributed by atoms with Gasteiger partial charge in [-0.25, -0.2) is 0 Å². The Kier molecular flexibility index (Phi) is 2.23. The summed E-state index contributed by atoms with van der Waals surface area (Å²) >= 11 is 0. The van der Waals surface area contributed by atoms with Crippen LogP contribution in [-0.4, -0.2) is 37.0 Å². The van der Waals surface area contributed by atoms with Crippen molar-refractivity contribution in [3.05, 3.63) is 0 Å². The van der Waals surface area contributed by atoms with Crippen LogP contribution in [0.3, 0.4) is 0 Å². The number of carbonyl (C=O) groups excluding carboxylic acids is 1. The van der Waals surface area contributed by atoms with Crippen molar-refractivity contribution in [2.75, 3.05) is 26.2 Å². The number of nitrogens with zero attached hydrogens (tertiary/aromatic N) is 1. The van der Waals surface area contributed by atoms with Crippen molar-refractivity contribution in [2.24, 2.45) is 11.3 Å². The zero-order valence-electron chi connectivity index (χ0n) is 9.30. The van der Waals surface area contributed by atoms with E-state index in [0.717, 1.165) is 39.0 Å². The van der Waals surface area contributed by atoms with Gasteiger partial charge in [0.1, 0.15) is 0 Å². The Morgan fingerprint density at radius 2 is 1.93 bits per heavy atom.